The van der Waals surface area contributed by atoms with E-state index in [1.807, 2.05) is 12.1 Å². The number of benzene rings is 1. The summed E-state index contributed by atoms with van der Waals surface area (Å²) in [7, 11) is 1.90. The van der Waals surface area contributed by atoms with Gasteiger partial charge in [0, 0.05) is 58.7 Å². The first-order valence-corrected chi connectivity index (χ1v) is 11.9. The summed E-state index contributed by atoms with van der Waals surface area (Å²) in [5.41, 5.74) is -3.00. The van der Waals surface area contributed by atoms with E-state index >= 15 is 0 Å². The zero-order valence-corrected chi connectivity index (χ0v) is 19.7. The molecule has 35 heavy (non-hydrogen) atoms. The second-order valence-electron chi connectivity index (χ2n) is 9.01. The van der Waals surface area contributed by atoms with Gasteiger partial charge in [-0.25, -0.2) is 18.8 Å². The van der Waals surface area contributed by atoms with Gasteiger partial charge < -0.3 is 4.90 Å². The van der Waals surface area contributed by atoms with Gasteiger partial charge in [-0.3, -0.25) is 14.9 Å². The number of nitro benzene ring substituents is 1. The first-order valence-electron chi connectivity index (χ1n) is 11.1. The molecule has 0 spiro atoms. The Balaban J connectivity index is 1.48. The van der Waals surface area contributed by atoms with E-state index in [4.69, 9.17) is 0 Å². The molecule has 0 N–H and O–H groups in total. The highest BCUT2D eigenvalue weighted by Gasteiger charge is 2.36. The lowest BCUT2D eigenvalue weighted by atomic mass is 9.87. The van der Waals surface area contributed by atoms with Gasteiger partial charge in [-0.15, -0.1) is 0 Å². The average Bonchev–Trinajstić information content (AvgIpc) is 2.79. The van der Waals surface area contributed by atoms with Gasteiger partial charge in [0.25, 0.3) is 11.2 Å². The molecule has 1 aromatic heterocycles. The molecular weight excluding hydrogens is 497 g/mol. The van der Waals surface area contributed by atoms with Gasteiger partial charge in [0.1, 0.15) is 4.70 Å². The molecule has 0 bridgehead atoms. The van der Waals surface area contributed by atoms with Crippen LogP contribution in [-0.4, -0.2) is 65.6 Å². The number of fused-ring (bicyclic) bond motifs is 1. The predicted molar refractivity (Wildman–Crippen MR) is 121 cm³/mol. The van der Waals surface area contributed by atoms with Crippen LogP contribution < -0.4 is 10.5 Å². The molecule has 2 aromatic rings. The second kappa shape index (κ2) is 9.54. The second-order valence-corrected chi connectivity index (χ2v) is 9.99. The molecule has 1 saturated heterocycles. The van der Waals surface area contributed by atoms with Crippen molar-refractivity contribution in [2.24, 2.45) is 5.92 Å². The summed E-state index contributed by atoms with van der Waals surface area (Å²) in [6, 6.07) is 1.04. The van der Waals surface area contributed by atoms with Gasteiger partial charge in [-0.05, 0) is 24.8 Å². The molecule has 0 unspecified atom stereocenters. The van der Waals surface area contributed by atoms with Gasteiger partial charge in [-0.1, -0.05) is 11.3 Å². The van der Waals surface area contributed by atoms with Gasteiger partial charge >= 0.3 is 6.18 Å². The molecular formula is C21H24F5N5O3S. The summed E-state index contributed by atoms with van der Waals surface area (Å²) in [4.78, 5) is 28.8. The van der Waals surface area contributed by atoms with Crippen LogP contribution >= 0.6 is 11.3 Å². The van der Waals surface area contributed by atoms with Crippen LogP contribution in [0.3, 0.4) is 0 Å². The van der Waals surface area contributed by atoms with Crippen molar-refractivity contribution >= 4 is 32.2 Å². The molecule has 0 atom stereocenters. The summed E-state index contributed by atoms with van der Waals surface area (Å²) in [6.07, 6.45) is -4.08. The number of rotatable bonds is 5. The molecule has 2 fully saturated rings. The Labute approximate surface area is 201 Å². The summed E-state index contributed by atoms with van der Waals surface area (Å²) >= 11 is 0.822. The van der Waals surface area contributed by atoms with E-state index in [0.717, 1.165) is 11.3 Å². The number of hydrogen-bond donors (Lipinski definition) is 0. The smallest absolute Gasteiger partial charge is 0.345 e. The van der Waals surface area contributed by atoms with E-state index in [1.54, 1.807) is 4.90 Å². The number of halogens is 5. The Kier molecular flexibility index (Phi) is 6.99. The Morgan fingerprint density at radius 1 is 1.20 bits per heavy atom. The van der Waals surface area contributed by atoms with E-state index in [1.165, 1.54) is 0 Å². The lowest BCUT2D eigenvalue weighted by Gasteiger charge is -2.41. The number of piperazine rings is 1. The maximum absolute atomic E-state index is 13.4. The maximum atomic E-state index is 13.4. The number of nitrogens with zero attached hydrogens (tertiary/aromatic N) is 5. The fourth-order valence-electron chi connectivity index (χ4n) is 4.58. The van der Waals surface area contributed by atoms with Crippen LogP contribution in [0.4, 0.5) is 32.8 Å². The molecule has 8 nitrogen and oxygen atoms in total. The highest BCUT2D eigenvalue weighted by molar-refractivity contribution is 7.22. The number of non-ortho nitro benzene ring substituents is 1. The molecule has 14 heteroatoms. The Morgan fingerprint density at radius 3 is 2.40 bits per heavy atom. The van der Waals surface area contributed by atoms with Gasteiger partial charge in [0.05, 0.1) is 15.9 Å². The zero-order chi connectivity index (χ0) is 25.5. The predicted octanol–water partition coefficient (Wildman–Crippen LogP) is 4.38. The molecule has 1 aliphatic heterocycles. The highest BCUT2D eigenvalue weighted by Crippen LogP contribution is 2.39. The van der Waals surface area contributed by atoms with Crippen molar-refractivity contribution in [2.45, 2.75) is 37.8 Å². The van der Waals surface area contributed by atoms with Crippen LogP contribution in [0.1, 0.15) is 31.2 Å². The quantitative estimate of drug-likeness (QED) is 0.328. The minimum Gasteiger partial charge on any atom is -0.345 e. The van der Waals surface area contributed by atoms with Crippen molar-refractivity contribution in [2.75, 3.05) is 44.7 Å². The SMILES string of the molecule is CN(CC1CCC(F)(F)CC1)N1CCN(c2nc(=O)c3cc(C(F)(F)F)cc([N+](=O)[O-])c3s2)CC1. The molecule has 1 aromatic carbocycles. The third-order valence-electron chi connectivity index (χ3n) is 6.58. The first-order chi connectivity index (χ1) is 16.3. The minimum atomic E-state index is -4.84. The molecule has 1 saturated carbocycles. The summed E-state index contributed by atoms with van der Waals surface area (Å²) < 4.78 is 66.1. The number of alkyl halides is 5. The van der Waals surface area contributed by atoms with Gasteiger partial charge in [0.2, 0.25) is 5.92 Å². The number of hydrogen-bond acceptors (Lipinski definition) is 8. The van der Waals surface area contributed by atoms with Crippen molar-refractivity contribution in [3.63, 3.8) is 0 Å². The standard InChI is InChI=1S/C21H24F5N5O3S/c1-28(12-13-2-4-20(22,23)5-3-13)30-8-6-29(7-9-30)19-27-18(32)15-10-14(21(24,25)26)11-16(31(33)34)17(15)35-19/h10-11,13H,2-9,12H2,1H3. The minimum absolute atomic E-state index is 0.0948. The van der Waals surface area contributed by atoms with Crippen LogP contribution in [0.2, 0.25) is 0 Å². The van der Waals surface area contributed by atoms with Crippen molar-refractivity contribution in [3.8, 4) is 0 Å². The fourth-order valence-corrected chi connectivity index (χ4v) is 5.69. The van der Waals surface area contributed by atoms with E-state index in [-0.39, 0.29) is 28.6 Å². The van der Waals surface area contributed by atoms with Crippen LogP contribution in [0.15, 0.2) is 16.9 Å². The zero-order valence-electron chi connectivity index (χ0n) is 18.9. The Bertz CT molecular complexity index is 1160. The number of nitro groups is 1. The van der Waals surface area contributed by atoms with Crippen molar-refractivity contribution in [1.82, 2.24) is 15.0 Å². The fraction of sp³-hybridized carbons (Fsp3) is 0.619. The van der Waals surface area contributed by atoms with E-state index in [0.29, 0.717) is 57.7 Å². The van der Waals surface area contributed by atoms with Crippen molar-refractivity contribution in [3.05, 3.63) is 38.2 Å². The molecule has 4 rings (SSSR count). The molecule has 2 heterocycles. The lowest BCUT2D eigenvalue weighted by molar-refractivity contribution is -0.383. The Morgan fingerprint density at radius 2 is 1.83 bits per heavy atom. The van der Waals surface area contributed by atoms with Crippen LogP contribution in [0, 0.1) is 16.0 Å². The van der Waals surface area contributed by atoms with Gasteiger partial charge in [0.15, 0.2) is 5.13 Å². The number of anilines is 1. The van der Waals surface area contributed by atoms with E-state index in [9.17, 15) is 36.9 Å². The van der Waals surface area contributed by atoms with Crippen LogP contribution in [-0.2, 0) is 6.18 Å². The lowest BCUT2D eigenvalue weighted by Crippen LogP contribution is -2.54. The Hall–Kier alpha value is -2.45. The molecule has 1 aliphatic carbocycles. The highest BCUT2D eigenvalue weighted by atomic mass is 32.1. The summed E-state index contributed by atoms with van der Waals surface area (Å²) in [5.74, 6) is -2.38. The molecule has 2 aliphatic rings. The largest absolute Gasteiger partial charge is 0.416 e. The molecule has 0 radical (unpaired) electrons. The maximum Gasteiger partial charge on any atom is 0.416 e. The van der Waals surface area contributed by atoms with Gasteiger partial charge in [-0.2, -0.15) is 18.2 Å². The monoisotopic (exact) mass is 521 g/mol. The number of hydrazine groups is 1. The van der Waals surface area contributed by atoms with Crippen LogP contribution in [0.5, 0.6) is 0 Å². The van der Waals surface area contributed by atoms with E-state index in [2.05, 4.69) is 9.99 Å². The number of aromatic nitrogens is 1. The van der Waals surface area contributed by atoms with E-state index < -0.39 is 39.2 Å². The van der Waals surface area contributed by atoms with Crippen LogP contribution in [0.25, 0.3) is 10.1 Å². The molecule has 0 amide bonds. The normalized spacial score (nSPS) is 20.0. The first kappa shape index (κ1) is 25.6. The summed E-state index contributed by atoms with van der Waals surface area (Å²) in [6.45, 7) is 2.64. The third-order valence-corrected chi connectivity index (χ3v) is 7.75. The average molecular weight is 522 g/mol. The molecule has 192 valence electrons. The third kappa shape index (κ3) is 5.70. The van der Waals surface area contributed by atoms with Crippen molar-refractivity contribution < 1.29 is 26.9 Å². The summed E-state index contributed by atoms with van der Waals surface area (Å²) in [5, 5.41) is 15.3. The topological polar surface area (TPSA) is 82.8 Å². The van der Waals surface area contributed by atoms with Crippen molar-refractivity contribution in [1.29, 1.82) is 0 Å².